The summed E-state index contributed by atoms with van der Waals surface area (Å²) in [5.41, 5.74) is 0. The third kappa shape index (κ3) is 3.43. The second kappa shape index (κ2) is 5.64. The van der Waals surface area contributed by atoms with E-state index in [4.69, 9.17) is 0 Å². The fourth-order valence-corrected chi connectivity index (χ4v) is 4.65. The zero-order valence-corrected chi connectivity index (χ0v) is 11.8. The van der Waals surface area contributed by atoms with Gasteiger partial charge < -0.3 is 0 Å². The molecule has 0 N–H and O–H groups in total. The van der Waals surface area contributed by atoms with E-state index in [0.29, 0.717) is 11.2 Å². The molecule has 1 rings (SSSR count). The van der Waals surface area contributed by atoms with Gasteiger partial charge >= 0.3 is 0 Å². The predicted molar refractivity (Wildman–Crippen MR) is 66.8 cm³/mol. The first-order chi connectivity index (χ1) is 6.99. The van der Waals surface area contributed by atoms with Crippen LogP contribution < -0.4 is 0 Å². The van der Waals surface area contributed by atoms with Crippen LogP contribution in [0.25, 0.3) is 0 Å². The summed E-state index contributed by atoms with van der Waals surface area (Å²) in [5, 5.41) is 0. The second-order valence-corrected chi connectivity index (χ2v) is 7.52. The van der Waals surface area contributed by atoms with Crippen LogP contribution in [-0.2, 0) is 10.0 Å². The minimum absolute atomic E-state index is 0.148. The van der Waals surface area contributed by atoms with E-state index in [9.17, 15) is 8.42 Å². The number of alkyl halides is 1. The van der Waals surface area contributed by atoms with Gasteiger partial charge in [0.05, 0.1) is 5.75 Å². The molecule has 0 aromatic rings. The van der Waals surface area contributed by atoms with Crippen molar-refractivity contribution in [2.24, 2.45) is 0 Å². The van der Waals surface area contributed by atoms with Crippen LogP contribution >= 0.6 is 15.9 Å². The Hall–Kier alpha value is 0.390. The number of hydrogen-bond acceptors (Lipinski definition) is 2. The third-order valence-electron chi connectivity index (χ3n) is 3.02. The molecular weight excluding hydrogens is 278 g/mol. The molecule has 0 aromatic heterocycles. The van der Waals surface area contributed by atoms with Gasteiger partial charge in [-0.2, -0.15) is 0 Å². The molecule has 0 amide bonds. The van der Waals surface area contributed by atoms with Gasteiger partial charge in [0.1, 0.15) is 0 Å². The molecule has 90 valence electrons. The maximum atomic E-state index is 11.9. The zero-order chi connectivity index (χ0) is 11.5. The Morgan fingerprint density at radius 1 is 1.33 bits per heavy atom. The van der Waals surface area contributed by atoms with Crippen molar-refractivity contribution in [3.8, 4) is 0 Å². The Bertz CT molecular complexity index is 292. The van der Waals surface area contributed by atoms with Crippen LogP contribution in [0.5, 0.6) is 0 Å². The van der Waals surface area contributed by atoms with E-state index < -0.39 is 10.0 Å². The Kier molecular flexibility index (Phi) is 5.06. The molecule has 15 heavy (non-hydrogen) atoms. The lowest BCUT2D eigenvalue weighted by Gasteiger charge is -2.34. The quantitative estimate of drug-likeness (QED) is 0.747. The van der Waals surface area contributed by atoms with Crippen LogP contribution in [0.3, 0.4) is 0 Å². The van der Waals surface area contributed by atoms with Crippen molar-refractivity contribution < 1.29 is 8.42 Å². The predicted octanol–water partition coefficient (Wildman–Crippen LogP) is 2.36. The van der Waals surface area contributed by atoms with Crippen molar-refractivity contribution in [1.82, 2.24) is 4.31 Å². The van der Waals surface area contributed by atoms with Crippen molar-refractivity contribution in [2.45, 2.75) is 49.9 Å². The number of rotatable bonds is 4. The van der Waals surface area contributed by atoms with E-state index >= 15 is 0 Å². The smallest absolute Gasteiger partial charge is 0.212 e. The van der Waals surface area contributed by atoms with Gasteiger partial charge in [-0.05, 0) is 19.3 Å². The van der Waals surface area contributed by atoms with Gasteiger partial charge in [-0.25, -0.2) is 12.7 Å². The first-order valence-electron chi connectivity index (χ1n) is 5.59. The molecule has 1 aliphatic carbocycles. The summed E-state index contributed by atoms with van der Waals surface area (Å²) >= 11 is 3.59. The lowest BCUT2D eigenvalue weighted by molar-refractivity contribution is 0.297. The van der Waals surface area contributed by atoms with Gasteiger partial charge in [0.15, 0.2) is 0 Å². The molecule has 2 unspecified atom stereocenters. The minimum atomic E-state index is -3.04. The molecule has 2 atom stereocenters. The molecule has 1 saturated carbocycles. The Balaban J connectivity index is 2.69. The molecule has 0 saturated heterocycles. The minimum Gasteiger partial charge on any atom is -0.212 e. The topological polar surface area (TPSA) is 37.4 Å². The average molecular weight is 298 g/mol. The van der Waals surface area contributed by atoms with Crippen LogP contribution in [0, 0.1) is 0 Å². The molecule has 1 aliphatic rings. The molecular formula is C10H20BrNO2S. The lowest BCUT2D eigenvalue weighted by Crippen LogP contribution is -2.44. The van der Waals surface area contributed by atoms with Gasteiger partial charge in [0.25, 0.3) is 0 Å². The summed E-state index contributed by atoms with van der Waals surface area (Å²) in [6.07, 6.45) is 5.09. The maximum absolute atomic E-state index is 11.9. The van der Waals surface area contributed by atoms with Gasteiger partial charge in [0.2, 0.25) is 10.0 Å². The molecule has 0 bridgehead atoms. The van der Waals surface area contributed by atoms with E-state index in [1.807, 2.05) is 6.92 Å². The Morgan fingerprint density at radius 2 is 1.93 bits per heavy atom. The van der Waals surface area contributed by atoms with Crippen LogP contribution in [0.15, 0.2) is 0 Å². The average Bonchev–Trinajstić information content (AvgIpc) is 2.17. The number of sulfonamides is 1. The van der Waals surface area contributed by atoms with E-state index in [1.54, 1.807) is 11.4 Å². The highest BCUT2D eigenvalue weighted by Gasteiger charge is 2.32. The zero-order valence-electron chi connectivity index (χ0n) is 9.45. The fraction of sp³-hybridized carbons (Fsp3) is 1.00. The van der Waals surface area contributed by atoms with Crippen LogP contribution in [-0.4, -0.2) is 36.4 Å². The molecule has 0 radical (unpaired) electrons. The van der Waals surface area contributed by atoms with Gasteiger partial charge in [-0.3, -0.25) is 0 Å². The normalized spacial score (nSPS) is 28.3. The van der Waals surface area contributed by atoms with E-state index in [-0.39, 0.29) is 11.8 Å². The van der Waals surface area contributed by atoms with E-state index in [0.717, 1.165) is 19.3 Å². The summed E-state index contributed by atoms with van der Waals surface area (Å²) in [4.78, 5) is 0.322. The monoisotopic (exact) mass is 297 g/mol. The van der Waals surface area contributed by atoms with Crippen LogP contribution in [0.1, 0.15) is 39.0 Å². The number of halogens is 1. The largest absolute Gasteiger partial charge is 0.214 e. The summed E-state index contributed by atoms with van der Waals surface area (Å²) in [6.45, 7) is 1.90. The van der Waals surface area contributed by atoms with Gasteiger partial charge in [-0.1, -0.05) is 35.7 Å². The second-order valence-electron chi connectivity index (χ2n) is 4.20. The molecule has 0 spiro atoms. The first-order valence-corrected chi connectivity index (χ1v) is 8.11. The highest BCUT2D eigenvalue weighted by molar-refractivity contribution is 9.09. The number of hydrogen-bond donors (Lipinski definition) is 0. The van der Waals surface area contributed by atoms with Gasteiger partial charge in [0, 0.05) is 17.9 Å². The van der Waals surface area contributed by atoms with Crippen LogP contribution in [0.4, 0.5) is 0 Å². The van der Waals surface area contributed by atoms with Crippen LogP contribution in [0.2, 0.25) is 0 Å². The maximum Gasteiger partial charge on any atom is 0.214 e. The van der Waals surface area contributed by atoms with Gasteiger partial charge in [-0.15, -0.1) is 0 Å². The number of nitrogens with zero attached hydrogens (tertiary/aromatic N) is 1. The van der Waals surface area contributed by atoms with Crippen molar-refractivity contribution in [3.63, 3.8) is 0 Å². The highest BCUT2D eigenvalue weighted by Crippen LogP contribution is 2.29. The summed E-state index contributed by atoms with van der Waals surface area (Å²) in [7, 11) is -1.32. The molecule has 0 aromatic carbocycles. The summed E-state index contributed by atoms with van der Waals surface area (Å²) < 4.78 is 25.3. The Morgan fingerprint density at radius 3 is 2.47 bits per heavy atom. The highest BCUT2D eigenvalue weighted by atomic mass is 79.9. The van der Waals surface area contributed by atoms with E-state index in [2.05, 4.69) is 15.9 Å². The Labute approximate surface area is 101 Å². The molecule has 0 heterocycles. The molecule has 0 aliphatic heterocycles. The van der Waals surface area contributed by atoms with Crippen molar-refractivity contribution in [1.29, 1.82) is 0 Å². The lowest BCUT2D eigenvalue weighted by atomic mass is 9.96. The van der Waals surface area contributed by atoms with Crippen molar-refractivity contribution in [2.75, 3.05) is 12.8 Å². The fourth-order valence-electron chi connectivity index (χ4n) is 2.08. The molecule has 3 nitrogen and oxygen atoms in total. The summed E-state index contributed by atoms with van der Waals surface area (Å²) in [6, 6.07) is 0.148. The summed E-state index contributed by atoms with van der Waals surface area (Å²) in [5.74, 6) is 0.264. The van der Waals surface area contributed by atoms with Crippen molar-refractivity contribution >= 4 is 26.0 Å². The van der Waals surface area contributed by atoms with E-state index in [1.165, 1.54) is 6.42 Å². The third-order valence-corrected chi connectivity index (χ3v) is 6.16. The standard InChI is InChI=1S/C10H20BrNO2S/c1-3-8-15(13,14)12(2)10-7-5-4-6-9(10)11/h9-10H,3-8H2,1-2H3. The SMILES string of the molecule is CCCS(=O)(=O)N(C)C1CCCCC1Br. The molecule has 1 fully saturated rings. The van der Waals surface area contributed by atoms with Crippen molar-refractivity contribution in [3.05, 3.63) is 0 Å². The first kappa shape index (κ1) is 13.5. The molecule has 5 heteroatoms.